The van der Waals surface area contributed by atoms with Crippen LogP contribution < -0.4 is 0 Å². The number of aromatic nitrogens is 2. The van der Waals surface area contributed by atoms with Crippen molar-refractivity contribution in [3.63, 3.8) is 0 Å². The molecule has 2 heterocycles. The summed E-state index contributed by atoms with van der Waals surface area (Å²) in [6.07, 6.45) is 0.791. The standard InChI is InChI=1S/C8H10N2O2/c1-2-10-8-5-12-4-6(8)7(3-11)9-10/h3H,2,4-5H2,1H3. The number of carbonyl (C=O) groups is 1. The maximum atomic E-state index is 10.6. The van der Waals surface area contributed by atoms with Crippen LogP contribution in [0.3, 0.4) is 0 Å². The van der Waals surface area contributed by atoms with E-state index in [2.05, 4.69) is 5.10 Å². The quantitative estimate of drug-likeness (QED) is 0.609. The molecule has 2 rings (SSSR count). The molecule has 0 N–H and O–H groups in total. The first kappa shape index (κ1) is 7.49. The van der Waals surface area contributed by atoms with E-state index in [1.54, 1.807) is 0 Å². The summed E-state index contributed by atoms with van der Waals surface area (Å²) in [5.74, 6) is 0. The van der Waals surface area contributed by atoms with E-state index in [1.807, 2.05) is 11.6 Å². The molecule has 0 aliphatic carbocycles. The van der Waals surface area contributed by atoms with E-state index in [-0.39, 0.29) is 0 Å². The van der Waals surface area contributed by atoms with Crippen LogP contribution in [0.4, 0.5) is 0 Å². The van der Waals surface area contributed by atoms with Crippen LogP contribution in [-0.2, 0) is 24.5 Å². The summed E-state index contributed by atoms with van der Waals surface area (Å²) in [4.78, 5) is 10.6. The average molecular weight is 166 g/mol. The molecule has 0 amide bonds. The highest BCUT2D eigenvalue weighted by Gasteiger charge is 2.21. The van der Waals surface area contributed by atoms with Crippen LogP contribution in [0.1, 0.15) is 28.7 Å². The molecule has 0 bridgehead atoms. The molecule has 0 spiro atoms. The lowest BCUT2D eigenvalue weighted by molar-refractivity contribution is 0.110. The number of fused-ring (bicyclic) bond motifs is 1. The molecule has 0 radical (unpaired) electrons. The van der Waals surface area contributed by atoms with Gasteiger partial charge in [0.05, 0.1) is 18.9 Å². The Morgan fingerprint density at radius 3 is 3.17 bits per heavy atom. The molecule has 0 saturated heterocycles. The Bertz CT molecular complexity index is 317. The van der Waals surface area contributed by atoms with Crippen molar-refractivity contribution in [2.45, 2.75) is 26.7 Å². The van der Waals surface area contributed by atoms with Crippen molar-refractivity contribution in [1.82, 2.24) is 9.78 Å². The van der Waals surface area contributed by atoms with Crippen molar-refractivity contribution >= 4 is 6.29 Å². The predicted octanol–water partition coefficient (Wildman–Crippen LogP) is 0.746. The zero-order chi connectivity index (χ0) is 8.55. The maximum absolute atomic E-state index is 10.6. The molecule has 0 unspecified atom stereocenters. The minimum absolute atomic E-state index is 0.531. The average Bonchev–Trinajstić information content (AvgIpc) is 2.63. The summed E-state index contributed by atoms with van der Waals surface area (Å²) in [5, 5.41) is 4.14. The Balaban J connectivity index is 2.54. The molecular weight excluding hydrogens is 156 g/mol. The van der Waals surface area contributed by atoms with Gasteiger partial charge < -0.3 is 4.74 Å². The molecule has 0 fully saturated rings. The molecule has 64 valence electrons. The van der Waals surface area contributed by atoms with Crippen LogP contribution >= 0.6 is 0 Å². The third-order valence-corrected chi connectivity index (χ3v) is 2.09. The highest BCUT2D eigenvalue weighted by Crippen LogP contribution is 2.21. The zero-order valence-corrected chi connectivity index (χ0v) is 6.91. The summed E-state index contributed by atoms with van der Waals surface area (Å²) >= 11 is 0. The van der Waals surface area contributed by atoms with Gasteiger partial charge in [-0.05, 0) is 6.92 Å². The Morgan fingerprint density at radius 2 is 2.50 bits per heavy atom. The van der Waals surface area contributed by atoms with Crippen LogP contribution in [0.2, 0.25) is 0 Å². The van der Waals surface area contributed by atoms with Gasteiger partial charge in [-0.3, -0.25) is 9.48 Å². The van der Waals surface area contributed by atoms with Gasteiger partial charge in [0.2, 0.25) is 0 Å². The number of hydrogen-bond acceptors (Lipinski definition) is 3. The van der Waals surface area contributed by atoms with E-state index >= 15 is 0 Å². The molecular formula is C8H10N2O2. The van der Waals surface area contributed by atoms with Crippen LogP contribution in [0, 0.1) is 0 Å². The van der Waals surface area contributed by atoms with Gasteiger partial charge in [0, 0.05) is 12.1 Å². The number of aldehydes is 1. The fourth-order valence-corrected chi connectivity index (χ4v) is 1.48. The van der Waals surface area contributed by atoms with E-state index in [9.17, 15) is 4.79 Å². The number of carbonyl (C=O) groups excluding carboxylic acids is 1. The maximum Gasteiger partial charge on any atom is 0.170 e. The van der Waals surface area contributed by atoms with Crippen molar-refractivity contribution < 1.29 is 9.53 Å². The van der Waals surface area contributed by atoms with Gasteiger partial charge in [-0.25, -0.2) is 0 Å². The van der Waals surface area contributed by atoms with Crippen molar-refractivity contribution in [2.75, 3.05) is 0 Å². The summed E-state index contributed by atoms with van der Waals surface area (Å²) in [5.41, 5.74) is 2.55. The monoisotopic (exact) mass is 166 g/mol. The lowest BCUT2D eigenvalue weighted by Gasteiger charge is -1.98. The Morgan fingerprint density at radius 1 is 1.67 bits per heavy atom. The van der Waals surface area contributed by atoms with Crippen molar-refractivity contribution in [1.29, 1.82) is 0 Å². The second kappa shape index (κ2) is 2.71. The Hall–Kier alpha value is -1.16. The fourth-order valence-electron chi connectivity index (χ4n) is 1.48. The largest absolute Gasteiger partial charge is 0.370 e. The van der Waals surface area contributed by atoms with Gasteiger partial charge in [0.1, 0.15) is 5.69 Å². The Labute approximate surface area is 70.1 Å². The molecule has 12 heavy (non-hydrogen) atoms. The second-order valence-corrected chi connectivity index (χ2v) is 2.74. The number of hydrogen-bond donors (Lipinski definition) is 0. The first-order valence-corrected chi connectivity index (χ1v) is 3.98. The van der Waals surface area contributed by atoms with Gasteiger partial charge in [0.15, 0.2) is 6.29 Å². The third-order valence-electron chi connectivity index (χ3n) is 2.09. The second-order valence-electron chi connectivity index (χ2n) is 2.74. The molecule has 1 aliphatic heterocycles. The third kappa shape index (κ3) is 0.881. The zero-order valence-electron chi connectivity index (χ0n) is 6.91. The van der Waals surface area contributed by atoms with Crippen molar-refractivity contribution in [3.8, 4) is 0 Å². The number of ether oxygens (including phenoxy) is 1. The summed E-state index contributed by atoms with van der Waals surface area (Å²) < 4.78 is 7.05. The van der Waals surface area contributed by atoms with Gasteiger partial charge >= 0.3 is 0 Å². The molecule has 1 aromatic heterocycles. The number of aryl methyl sites for hydroxylation is 1. The van der Waals surface area contributed by atoms with Gasteiger partial charge in [-0.1, -0.05) is 0 Å². The first-order chi connectivity index (χ1) is 5.86. The topological polar surface area (TPSA) is 44.1 Å². The van der Waals surface area contributed by atoms with E-state index in [0.29, 0.717) is 18.9 Å². The molecule has 4 heteroatoms. The van der Waals surface area contributed by atoms with Crippen LogP contribution in [-0.4, -0.2) is 16.1 Å². The lowest BCUT2D eigenvalue weighted by atomic mass is 10.2. The SMILES string of the molecule is CCn1nc(C=O)c2c1COC2. The lowest BCUT2D eigenvalue weighted by Crippen LogP contribution is -2.01. The van der Waals surface area contributed by atoms with E-state index in [0.717, 1.165) is 24.1 Å². The summed E-state index contributed by atoms with van der Waals surface area (Å²) in [7, 11) is 0. The van der Waals surface area contributed by atoms with Gasteiger partial charge in [0.25, 0.3) is 0 Å². The van der Waals surface area contributed by atoms with E-state index < -0.39 is 0 Å². The van der Waals surface area contributed by atoms with Gasteiger partial charge in [-0.15, -0.1) is 0 Å². The summed E-state index contributed by atoms with van der Waals surface area (Å²) in [6, 6.07) is 0. The molecule has 1 aromatic rings. The van der Waals surface area contributed by atoms with E-state index in [4.69, 9.17) is 4.74 Å². The number of nitrogens with zero attached hydrogens (tertiary/aromatic N) is 2. The molecule has 0 aromatic carbocycles. The molecule has 1 aliphatic rings. The molecule has 0 atom stereocenters. The van der Waals surface area contributed by atoms with Crippen molar-refractivity contribution in [3.05, 3.63) is 17.0 Å². The first-order valence-electron chi connectivity index (χ1n) is 3.98. The van der Waals surface area contributed by atoms with E-state index in [1.165, 1.54) is 0 Å². The fraction of sp³-hybridized carbons (Fsp3) is 0.500. The van der Waals surface area contributed by atoms with Crippen molar-refractivity contribution in [2.24, 2.45) is 0 Å². The van der Waals surface area contributed by atoms with Gasteiger partial charge in [-0.2, -0.15) is 5.10 Å². The highest BCUT2D eigenvalue weighted by molar-refractivity contribution is 5.74. The normalized spacial score (nSPS) is 14.8. The predicted molar refractivity (Wildman–Crippen MR) is 41.8 cm³/mol. The van der Waals surface area contributed by atoms with Crippen LogP contribution in [0.25, 0.3) is 0 Å². The van der Waals surface area contributed by atoms with Crippen LogP contribution in [0.5, 0.6) is 0 Å². The molecule has 0 saturated carbocycles. The van der Waals surface area contributed by atoms with Crippen LogP contribution in [0.15, 0.2) is 0 Å². The molecule has 4 nitrogen and oxygen atoms in total. The Kier molecular flexibility index (Phi) is 1.69. The number of rotatable bonds is 2. The highest BCUT2D eigenvalue weighted by atomic mass is 16.5. The minimum Gasteiger partial charge on any atom is -0.370 e. The smallest absolute Gasteiger partial charge is 0.170 e. The summed E-state index contributed by atoms with van der Waals surface area (Å²) in [6.45, 7) is 3.91. The minimum atomic E-state index is 0.531.